The van der Waals surface area contributed by atoms with Crippen LogP contribution in [0.3, 0.4) is 0 Å². The molecular weight excluding hydrogens is 605 g/mol. The number of esters is 1. The average Bonchev–Trinajstić information content (AvgIpc) is 3.51. The molecule has 3 aromatic rings. The first-order valence-electron chi connectivity index (χ1n) is 13.4. The maximum absolute atomic E-state index is 13.5. The van der Waals surface area contributed by atoms with Crippen LogP contribution in [0.4, 0.5) is 10.8 Å². The third kappa shape index (κ3) is 5.97. The summed E-state index contributed by atoms with van der Waals surface area (Å²) < 4.78 is 16.2. The fourth-order valence-corrected chi connectivity index (χ4v) is 6.84. The van der Waals surface area contributed by atoms with Crippen molar-refractivity contribution in [1.82, 2.24) is 10.2 Å². The van der Waals surface area contributed by atoms with Crippen molar-refractivity contribution in [3.8, 4) is 17.6 Å². The lowest BCUT2D eigenvalue weighted by Gasteiger charge is -2.38. The smallest absolute Gasteiger partial charge is 0.337 e. The number of allylic oxidation sites excluding steroid dienone is 3. The van der Waals surface area contributed by atoms with Gasteiger partial charge in [-0.15, -0.1) is 10.2 Å². The van der Waals surface area contributed by atoms with Crippen molar-refractivity contribution in [2.24, 2.45) is 5.73 Å². The van der Waals surface area contributed by atoms with E-state index in [2.05, 4.69) is 26.3 Å². The number of nitriles is 1. The Labute approximate surface area is 261 Å². The number of carbonyl (C=O) groups excluding carboxylic acids is 3. The van der Waals surface area contributed by atoms with Gasteiger partial charge in [-0.1, -0.05) is 29.2 Å². The lowest BCUT2D eigenvalue weighted by atomic mass is 9.75. The van der Waals surface area contributed by atoms with Gasteiger partial charge in [0.05, 0.1) is 50.2 Å². The number of nitrogens with zero attached hydrogens (tertiary/aromatic N) is 4. The number of hydrogen-bond donors (Lipinski definition) is 2. The van der Waals surface area contributed by atoms with Crippen molar-refractivity contribution in [1.29, 1.82) is 5.26 Å². The molecular formula is C30H28N6O6S2. The Morgan fingerprint density at radius 2 is 1.91 bits per heavy atom. The summed E-state index contributed by atoms with van der Waals surface area (Å²) >= 11 is 2.39. The Hall–Kier alpha value is -4.87. The van der Waals surface area contributed by atoms with Crippen molar-refractivity contribution < 1.29 is 28.6 Å². The summed E-state index contributed by atoms with van der Waals surface area (Å²) in [5, 5.41) is 22.0. The molecule has 1 unspecified atom stereocenters. The van der Waals surface area contributed by atoms with E-state index in [1.807, 2.05) is 0 Å². The molecule has 3 N–H and O–H groups in total. The number of carbonyl (C=O) groups is 3. The molecule has 0 bridgehead atoms. The van der Waals surface area contributed by atoms with Crippen LogP contribution in [0.5, 0.6) is 11.5 Å². The van der Waals surface area contributed by atoms with Crippen molar-refractivity contribution in [3.05, 3.63) is 76.3 Å². The molecule has 1 aliphatic carbocycles. The number of nitrogens with one attached hydrogen (secondary N) is 1. The topological polar surface area (TPSA) is 170 Å². The number of rotatable bonds is 9. The molecule has 0 spiro atoms. The lowest BCUT2D eigenvalue weighted by molar-refractivity contribution is -0.116. The van der Waals surface area contributed by atoms with E-state index in [1.165, 1.54) is 37.3 Å². The number of ketones is 1. The molecule has 2 heterocycles. The van der Waals surface area contributed by atoms with Gasteiger partial charge < -0.3 is 25.3 Å². The maximum atomic E-state index is 13.5. The van der Waals surface area contributed by atoms with Gasteiger partial charge >= 0.3 is 5.97 Å². The van der Waals surface area contributed by atoms with Crippen molar-refractivity contribution in [3.63, 3.8) is 0 Å². The minimum absolute atomic E-state index is 0.0495. The second-order valence-electron chi connectivity index (χ2n) is 9.68. The summed E-state index contributed by atoms with van der Waals surface area (Å²) in [5.41, 5.74) is 9.54. The second-order valence-corrected chi connectivity index (χ2v) is 11.9. The lowest BCUT2D eigenvalue weighted by Crippen LogP contribution is -2.38. The van der Waals surface area contributed by atoms with Gasteiger partial charge in [0, 0.05) is 35.0 Å². The van der Waals surface area contributed by atoms with E-state index in [1.54, 1.807) is 54.5 Å². The standard InChI is InChI=1S/C30H28N6O6S2/c1-40-18-11-12-19(23(13-18)41-2)25-20(14-31)27(32)36(21-5-4-6-22(37)26(21)25)29-34-35-30(44-29)43-15-24(38)33-17-9-7-16(8-10-17)28(39)42-3/h7-13,25H,4-6,15,32H2,1-3H3,(H,33,38). The predicted octanol–water partition coefficient (Wildman–Crippen LogP) is 4.38. The number of amides is 1. The maximum Gasteiger partial charge on any atom is 0.337 e. The number of thioether (sulfide) groups is 1. The number of ether oxygens (including phenoxy) is 3. The fraction of sp³-hybridized carbons (Fsp3) is 0.267. The molecule has 1 amide bonds. The first-order valence-corrected chi connectivity index (χ1v) is 15.2. The molecule has 0 radical (unpaired) electrons. The van der Waals surface area contributed by atoms with Gasteiger partial charge in [0.25, 0.3) is 0 Å². The predicted molar refractivity (Wildman–Crippen MR) is 165 cm³/mol. The van der Waals surface area contributed by atoms with Crippen LogP contribution in [0, 0.1) is 11.3 Å². The van der Waals surface area contributed by atoms with Crippen LogP contribution in [0.2, 0.25) is 0 Å². The molecule has 1 aromatic heterocycles. The quantitative estimate of drug-likeness (QED) is 0.253. The number of hydrogen-bond acceptors (Lipinski definition) is 13. The molecule has 1 aliphatic heterocycles. The molecule has 226 valence electrons. The van der Waals surface area contributed by atoms with Crippen LogP contribution in [0.25, 0.3) is 0 Å². The molecule has 1 atom stereocenters. The Morgan fingerprint density at radius 1 is 1.14 bits per heavy atom. The monoisotopic (exact) mass is 632 g/mol. The van der Waals surface area contributed by atoms with Gasteiger partial charge in [-0.25, -0.2) is 4.79 Å². The van der Waals surface area contributed by atoms with Crippen LogP contribution < -0.4 is 25.4 Å². The summed E-state index contributed by atoms with van der Waals surface area (Å²) in [4.78, 5) is 39.3. The highest BCUT2D eigenvalue weighted by Crippen LogP contribution is 2.49. The zero-order valence-corrected chi connectivity index (χ0v) is 25.7. The third-order valence-corrected chi connectivity index (χ3v) is 9.21. The summed E-state index contributed by atoms with van der Waals surface area (Å²) in [6.07, 6.45) is 1.52. The molecule has 0 fully saturated rings. The fourth-order valence-electron chi connectivity index (χ4n) is 5.16. The van der Waals surface area contributed by atoms with Gasteiger partial charge in [0.15, 0.2) is 10.1 Å². The second kappa shape index (κ2) is 13.2. The number of benzene rings is 2. The highest BCUT2D eigenvalue weighted by Gasteiger charge is 2.42. The molecule has 5 rings (SSSR count). The number of nitrogens with two attached hydrogens (primary N) is 1. The van der Waals surface area contributed by atoms with Crippen LogP contribution in [-0.4, -0.2) is 54.9 Å². The van der Waals surface area contributed by atoms with Crippen molar-refractivity contribution in [2.45, 2.75) is 29.5 Å². The Morgan fingerprint density at radius 3 is 2.59 bits per heavy atom. The number of methoxy groups -OCH3 is 3. The van der Waals surface area contributed by atoms with E-state index in [4.69, 9.17) is 15.2 Å². The molecule has 2 aliphatic rings. The number of aromatic nitrogens is 2. The Bertz CT molecular complexity index is 1730. The first kappa shape index (κ1) is 30.6. The van der Waals surface area contributed by atoms with Gasteiger partial charge in [0.1, 0.15) is 17.3 Å². The highest BCUT2D eigenvalue weighted by molar-refractivity contribution is 8.01. The van der Waals surface area contributed by atoms with Crippen LogP contribution in [-0.2, 0) is 14.3 Å². The highest BCUT2D eigenvalue weighted by atomic mass is 32.2. The molecule has 44 heavy (non-hydrogen) atoms. The van der Waals surface area contributed by atoms with E-state index in [0.29, 0.717) is 68.3 Å². The third-order valence-electron chi connectivity index (χ3n) is 7.17. The molecule has 0 saturated carbocycles. The Kier molecular flexibility index (Phi) is 9.17. The van der Waals surface area contributed by atoms with E-state index in [0.717, 1.165) is 0 Å². The summed E-state index contributed by atoms with van der Waals surface area (Å²) in [6, 6.07) is 13.8. The summed E-state index contributed by atoms with van der Waals surface area (Å²) in [7, 11) is 4.36. The number of Topliss-reactive ketones (excluding diaryl/α,β-unsaturated/α-hetero) is 1. The summed E-state index contributed by atoms with van der Waals surface area (Å²) in [6.45, 7) is 0. The zero-order valence-electron chi connectivity index (χ0n) is 24.1. The van der Waals surface area contributed by atoms with E-state index >= 15 is 0 Å². The van der Waals surface area contributed by atoms with Crippen molar-refractivity contribution >= 4 is 51.6 Å². The summed E-state index contributed by atoms with van der Waals surface area (Å²) in [5.74, 6) is -0.276. The molecule has 12 nitrogen and oxygen atoms in total. The van der Waals surface area contributed by atoms with E-state index in [9.17, 15) is 19.6 Å². The van der Waals surface area contributed by atoms with Crippen LogP contribution in [0.1, 0.15) is 41.1 Å². The van der Waals surface area contributed by atoms with Gasteiger partial charge in [-0.2, -0.15) is 5.26 Å². The van der Waals surface area contributed by atoms with E-state index in [-0.39, 0.29) is 28.8 Å². The van der Waals surface area contributed by atoms with Crippen molar-refractivity contribution in [2.75, 3.05) is 37.3 Å². The zero-order chi connectivity index (χ0) is 31.4. The molecule has 14 heteroatoms. The Balaban J connectivity index is 1.39. The number of anilines is 2. The average molecular weight is 633 g/mol. The first-order chi connectivity index (χ1) is 21.3. The SMILES string of the molecule is COC(=O)c1ccc(NC(=O)CSc2nnc(N3C(N)=C(C#N)C(c4ccc(OC)cc4OC)C4=C3CCCC4=O)s2)cc1. The molecule has 0 saturated heterocycles. The normalized spacial score (nSPS) is 16.3. The van der Waals surface area contributed by atoms with Gasteiger partial charge in [0.2, 0.25) is 11.0 Å². The largest absolute Gasteiger partial charge is 0.497 e. The minimum Gasteiger partial charge on any atom is -0.497 e. The van der Waals surface area contributed by atoms with Gasteiger partial charge in [-0.05, 0) is 43.2 Å². The van der Waals surface area contributed by atoms with Crippen LogP contribution in [0.15, 0.2) is 69.5 Å². The van der Waals surface area contributed by atoms with Crippen LogP contribution >= 0.6 is 23.1 Å². The van der Waals surface area contributed by atoms with E-state index < -0.39 is 11.9 Å². The minimum atomic E-state index is -0.716. The van der Waals surface area contributed by atoms with Gasteiger partial charge in [-0.3, -0.25) is 14.5 Å². The molecule has 2 aromatic carbocycles.